The maximum absolute atomic E-state index is 13.6. The second kappa shape index (κ2) is 5.63. The minimum absolute atomic E-state index is 0.112. The van der Waals surface area contributed by atoms with Gasteiger partial charge in [-0.25, -0.2) is 4.39 Å². The molecule has 0 bridgehead atoms. The van der Waals surface area contributed by atoms with Crippen LogP contribution in [0.1, 0.15) is 50.5 Å². The fourth-order valence-electron chi connectivity index (χ4n) is 2.81. The van der Waals surface area contributed by atoms with Crippen molar-refractivity contribution >= 4 is 0 Å². The Labute approximate surface area is 103 Å². The third kappa shape index (κ3) is 3.53. The van der Waals surface area contributed by atoms with Crippen molar-refractivity contribution in [3.8, 4) is 0 Å². The van der Waals surface area contributed by atoms with Crippen molar-refractivity contribution in [3.05, 3.63) is 35.6 Å². The van der Waals surface area contributed by atoms with Gasteiger partial charge in [0, 0.05) is 5.54 Å². The number of nitrogens with two attached hydrogens (primary N) is 1. The topological polar surface area (TPSA) is 26.0 Å². The summed E-state index contributed by atoms with van der Waals surface area (Å²) in [6.45, 7) is 0. The lowest BCUT2D eigenvalue weighted by Crippen LogP contribution is -2.42. The first-order chi connectivity index (χ1) is 8.20. The molecule has 1 fully saturated rings. The van der Waals surface area contributed by atoms with Gasteiger partial charge in [0.2, 0.25) is 0 Å². The molecular formula is C15H22FN. The molecule has 2 rings (SSSR count). The van der Waals surface area contributed by atoms with Crippen LogP contribution in [0, 0.1) is 5.82 Å². The predicted molar refractivity (Wildman–Crippen MR) is 69.3 cm³/mol. The average molecular weight is 235 g/mol. The predicted octanol–water partition coefficient (Wildman–Crippen LogP) is 3.81. The molecule has 94 valence electrons. The maximum Gasteiger partial charge on any atom is 0.126 e. The van der Waals surface area contributed by atoms with Gasteiger partial charge in [-0.05, 0) is 30.9 Å². The van der Waals surface area contributed by atoms with Gasteiger partial charge in [0.15, 0.2) is 0 Å². The van der Waals surface area contributed by atoms with Crippen LogP contribution in [0.5, 0.6) is 0 Å². The molecule has 0 aliphatic heterocycles. The van der Waals surface area contributed by atoms with E-state index in [0.29, 0.717) is 6.42 Å². The molecule has 2 heteroatoms. The first kappa shape index (κ1) is 12.6. The van der Waals surface area contributed by atoms with Crippen molar-refractivity contribution in [2.75, 3.05) is 0 Å². The summed E-state index contributed by atoms with van der Waals surface area (Å²) in [5.41, 5.74) is 7.04. The lowest BCUT2D eigenvalue weighted by molar-refractivity contribution is 0.311. The standard InChI is InChI=1S/C15H22FN/c16-14-9-5-4-8-13(14)12-15(17)10-6-2-1-3-7-11-15/h4-5,8-9H,1-3,6-7,10-12,17H2. The summed E-state index contributed by atoms with van der Waals surface area (Å²) in [6.07, 6.45) is 8.99. The van der Waals surface area contributed by atoms with E-state index >= 15 is 0 Å². The molecule has 17 heavy (non-hydrogen) atoms. The summed E-state index contributed by atoms with van der Waals surface area (Å²) in [4.78, 5) is 0. The molecule has 0 spiro atoms. The summed E-state index contributed by atoms with van der Waals surface area (Å²) in [5.74, 6) is -0.112. The minimum Gasteiger partial charge on any atom is -0.325 e. The molecule has 0 saturated heterocycles. The van der Waals surface area contributed by atoms with Gasteiger partial charge < -0.3 is 5.73 Å². The molecule has 1 aliphatic carbocycles. The Hall–Kier alpha value is -0.890. The Kier molecular flexibility index (Phi) is 4.16. The van der Waals surface area contributed by atoms with E-state index in [1.54, 1.807) is 6.07 Å². The van der Waals surface area contributed by atoms with E-state index in [-0.39, 0.29) is 11.4 Å². The normalized spacial score (nSPS) is 20.6. The van der Waals surface area contributed by atoms with Gasteiger partial charge in [-0.1, -0.05) is 50.3 Å². The quantitative estimate of drug-likeness (QED) is 0.828. The zero-order chi connectivity index (χ0) is 12.1. The van der Waals surface area contributed by atoms with Crippen LogP contribution in [0.3, 0.4) is 0 Å². The number of hydrogen-bond acceptors (Lipinski definition) is 1. The Morgan fingerprint density at radius 2 is 1.59 bits per heavy atom. The molecule has 0 heterocycles. The molecule has 1 aliphatic rings. The molecule has 2 N–H and O–H groups in total. The van der Waals surface area contributed by atoms with E-state index in [1.165, 1.54) is 38.2 Å². The van der Waals surface area contributed by atoms with Crippen LogP contribution in [-0.4, -0.2) is 5.54 Å². The van der Waals surface area contributed by atoms with Gasteiger partial charge in [-0.2, -0.15) is 0 Å². The Balaban J connectivity index is 2.06. The van der Waals surface area contributed by atoms with Crippen molar-refractivity contribution < 1.29 is 4.39 Å². The van der Waals surface area contributed by atoms with Crippen molar-refractivity contribution in [2.45, 2.75) is 56.9 Å². The molecule has 0 amide bonds. The van der Waals surface area contributed by atoms with Crippen molar-refractivity contribution in [1.82, 2.24) is 0 Å². The number of hydrogen-bond donors (Lipinski definition) is 1. The molecule has 1 nitrogen and oxygen atoms in total. The molecular weight excluding hydrogens is 213 g/mol. The SMILES string of the molecule is NC1(Cc2ccccc2F)CCCCCCC1. The maximum atomic E-state index is 13.6. The highest BCUT2D eigenvalue weighted by Crippen LogP contribution is 2.28. The van der Waals surface area contributed by atoms with E-state index in [2.05, 4.69) is 0 Å². The largest absolute Gasteiger partial charge is 0.325 e. The third-order valence-corrected chi connectivity index (χ3v) is 3.85. The van der Waals surface area contributed by atoms with Crippen LogP contribution in [0.25, 0.3) is 0 Å². The average Bonchev–Trinajstić information content (AvgIpc) is 2.28. The van der Waals surface area contributed by atoms with Crippen LogP contribution in [0.2, 0.25) is 0 Å². The van der Waals surface area contributed by atoms with E-state index in [0.717, 1.165) is 18.4 Å². The van der Waals surface area contributed by atoms with Crippen LogP contribution >= 0.6 is 0 Å². The van der Waals surface area contributed by atoms with Gasteiger partial charge in [-0.15, -0.1) is 0 Å². The molecule has 1 aromatic rings. The fourth-order valence-corrected chi connectivity index (χ4v) is 2.81. The van der Waals surface area contributed by atoms with Crippen LogP contribution in [-0.2, 0) is 6.42 Å². The molecule has 0 unspecified atom stereocenters. The van der Waals surface area contributed by atoms with E-state index in [4.69, 9.17) is 5.73 Å². The smallest absolute Gasteiger partial charge is 0.126 e. The summed E-state index contributed by atoms with van der Waals surface area (Å²) < 4.78 is 13.6. The van der Waals surface area contributed by atoms with E-state index < -0.39 is 0 Å². The molecule has 1 saturated carbocycles. The van der Waals surface area contributed by atoms with Gasteiger partial charge in [-0.3, -0.25) is 0 Å². The Bertz CT molecular complexity index is 354. The van der Waals surface area contributed by atoms with Gasteiger partial charge in [0.05, 0.1) is 0 Å². The number of halogens is 1. The second-order valence-corrected chi connectivity index (χ2v) is 5.40. The van der Waals surface area contributed by atoms with Crippen LogP contribution in [0.4, 0.5) is 4.39 Å². The third-order valence-electron chi connectivity index (χ3n) is 3.85. The monoisotopic (exact) mass is 235 g/mol. The zero-order valence-corrected chi connectivity index (χ0v) is 10.4. The minimum atomic E-state index is -0.192. The summed E-state index contributed by atoms with van der Waals surface area (Å²) >= 11 is 0. The van der Waals surface area contributed by atoms with Gasteiger partial charge in [0.1, 0.15) is 5.82 Å². The molecule has 0 radical (unpaired) electrons. The molecule has 1 aromatic carbocycles. The Morgan fingerprint density at radius 3 is 2.24 bits per heavy atom. The van der Waals surface area contributed by atoms with Crippen LogP contribution < -0.4 is 5.73 Å². The van der Waals surface area contributed by atoms with Gasteiger partial charge in [0.25, 0.3) is 0 Å². The van der Waals surface area contributed by atoms with Crippen molar-refractivity contribution in [1.29, 1.82) is 0 Å². The van der Waals surface area contributed by atoms with Crippen molar-refractivity contribution in [2.24, 2.45) is 5.73 Å². The lowest BCUT2D eigenvalue weighted by atomic mass is 9.80. The summed E-state index contributed by atoms with van der Waals surface area (Å²) in [6, 6.07) is 7.02. The van der Waals surface area contributed by atoms with Gasteiger partial charge >= 0.3 is 0 Å². The Morgan fingerprint density at radius 1 is 1.00 bits per heavy atom. The number of rotatable bonds is 2. The second-order valence-electron chi connectivity index (χ2n) is 5.40. The fraction of sp³-hybridized carbons (Fsp3) is 0.600. The molecule has 0 aromatic heterocycles. The van der Waals surface area contributed by atoms with Crippen molar-refractivity contribution in [3.63, 3.8) is 0 Å². The highest BCUT2D eigenvalue weighted by molar-refractivity contribution is 5.20. The van der Waals surface area contributed by atoms with Crippen LogP contribution in [0.15, 0.2) is 24.3 Å². The highest BCUT2D eigenvalue weighted by Gasteiger charge is 2.26. The first-order valence-electron chi connectivity index (χ1n) is 6.72. The summed E-state index contributed by atoms with van der Waals surface area (Å²) in [7, 11) is 0. The number of benzene rings is 1. The highest BCUT2D eigenvalue weighted by atomic mass is 19.1. The first-order valence-corrected chi connectivity index (χ1v) is 6.72. The molecule has 0 atom stereocenters. The zero-order valence-electron chi connectivity index (χ0n) is 10.4. The van der Waals surface area contributed by atoms with E-state index in [9.17, 15) is 4.39 Å². The van der Waals surface area contributed by atoms with E-state index in [1.807, 2.05) is 12.1 Å². The summed E-state index contributed by atoms with van der Waals surface area (Å²) in [5, 5.41) is 0. The lowest BCUT2D eigenvalue weighted by Gasteiger charge is -2.31.